The van der Waals surface area contributed by atoms with E-state index in [0.717, 1.165) is 0 Å². The number of rotatable bonds is 6. The molecular weight excluding hydrogens is 336 g/mol. The van der Waals surface area contributed by atoms with Gasteiger partial charge in [-0.3, -0.25) is 9.59 Å². The molecule has 0 bridgehead atoms. The first kappa shape index (κ1) is 19.6. The summed E-state index contributed by atoms with van der Waals surface area (Å²) in [4.78, 5) is 23.8. The minimum Gasteiger partial charge on any atom is -0.508 e. The fraction of sp³-hybridized carbons (Fsp3) is 0.400. The third-order valence-electron chi connectivity index (χ3n) is 5.46. The molecule has 1 unspecified atom stereocenters. The predicted octanol–water partition coefficient (Wildman–Crippen LogP) is 3.62. The SMILES string of the molecule is C=C(/C=C\C(O)=C/C)C1[C@H](C(=O)O)C(C2(C)C=CC(O)=CC2)[C@H]1C(=O)O. The highest BCUT2D eigenvalue weighted by Crippen LogP contribution is 2.59. The van der Waals surface area contributed by atoms with Gasteiger partial charge >= 0.3 is 11.9 Å². The Hall–Kier alpha value is -2.76. The second-order valence-corrected chi connectivity index (χ2v) is 7.07. The largest absolute Gasteiger partial charge is 0.508 e. The van der Waals surface area contributed by atoms with E-state index in [1.54, 1.807) is 19.1 Å². The predicted molar refractivity (Wildman–Crippen MR) is 96.5 cm³/mol. The van der Waals surface area contributed by atoms with Crippen LogP contribution in [0.4, 0.5) is 0 Å². The van der Waals surface area contributed by atoms with Gasteiger partial charge in [0.05, 0.1) is 11.8 Å². The number of carboxylic acids is 2. The molecule has 0 amide bonds. The Morgan fingerprint density at radius 3 is 2.15 bits per heavy atom. The molecule has 1 fully saturated rings. The van der Waals surface area contributed by atoms with Crippen molar-refractivity contribution in [1.29, 1.82) is 0 Å². The van der Waals surface area contributed by atoms with Crippen molar-refractivity contribution in [3.8, 4) is 0 Å². The van der Waals surface area contributed by atoms with Gasteiger partial charge in [0.1, 0.15) is 11.5 Å². The maximum absolute atomic E-state index is 11.9. The van der Waals surface area contributed by atoms with Crippen molar-refractivity contribution in [2.45, 2.75) is 20.3 Å². The lowest BCUT2D eigenvalue weighted by Gasteiger charge is -2.55. The van der Waals surface area contributed by atoms with Crippen molar-refractivity contribution in [2.24, 2.45) is 29.1 Å². The highest BCUT2D eigenvalue weighted by atomic mass is 16.4. The van der Waals surface area contributed by atoms with E-state index >= 15 is 0 Å². The molecule has 140 valence electrons. The van der Waals surface area contributed by atoms with E-state index in [4.69, 9.17) is 0 Å². The zero-order chi connectivity index (χ0) is 19.6. The topological polar surface area (TPSA) is 115 Å². The first-order valence-electron chi connectivity index (χ1n) is 8.38. The molecule has 2 aliphatic carbocycles. The Morgan fingerprint density at radius 2 is 1.73 bits per heavy atom. The van der Waals surface area contributed by atoms with Crippen molar-refractivity contribution < 1.29 is 30.0 Å². The second-order valence-electron chi connectivity index (χ2n) is 7.07. The van der Waals surface area contributed by atoms with Gasteiger partial charge in [0.15, 0.2) is 0 Å². The summed E-state index contributed by atoms with van der Waals surface area (Å²) >= 11 is 0. The fourth-order valence-electron chi connectivity index (χ4n) is 4.03. The molecule has 2 aliphatic rings. The summed E-state index contributed by atoms with van der Waals surface area (Å²) in [5.74, 6) is -5.29. The first-order valence-corrected chi connectivity index (χ1v) is 8.38. The summed E-state index contributed by atoms with van der Waals surface area (Å²) in [5.41, 5.74) is -0.333. The van der Waals surface area contributed by atoms with Gasteiger partial charge < -0.3 is 20.4 Å². The monoisotopic (exact) mass is 360 g/mol. The molecule has 4 N–H and O–H groups in total. The standard InChI is InChI=1S/C20H24O6/c1-4-12(21)6-5-11(2)14-15(18(23)24)17(16(14)19(25)26)20(3)9-7-13(22)8-10-20/h4-9,14-17,21-22H,2,10H2,1,3H3,(H,23,24)(H,25,26)/b6-5-,12-4+/t14?,15-,16-,17?,20?/m0/s1. The fourth-order valence-corrected chi connectivity index (χ4v) is 4.03. The van der Waals surface area contributed by atoms with E-state index in [9.17, 15) is 30.0 Å². The Labute approximate surface area is 152 Å². The second kappa shape index (κ2) is 7.23. The van der Waals surface area contributed by atoms with E-state index in [-0.39, 0.29) is 11.5 Å². The van der Waals surface area contributed by atoms with Crippen LogP contribution in [0.3, 0.4) is 0 Å². The number of carboxylic acid groups (broad SMARTS) is 2. The van der Waals surface area contributed by atoms with Crippen LogP contribution in [0.5, 0.6) is 0 Å². The Kier molecular flexibility index (Phi) is 5.44. The molecule has 6 heteroatoms. The van der Waals surface area contributed by atoms with Gasteiger partial charge in [0, 0.05) is 5.92 Å². The molecule has 3 atom stereocenters. The minimum absolute atomic E-state index is 0.0106. The van der Waals surface area contributed by atoms with Crippen LogP contribution in [0, 0.1) is 29.1 Å². The molecule has 0 aromatic rings. The van der Waals surface area contributed by atoms with Crippen LogP contribution in [0.2, 0.25) is 0 Å². The van der Waals surface area contributed by atoms with Crippen molar-refractivity contribution >= 4 is 11.9 Å². The van der Waals surface area contributed by atoms with E-state index in [1.807, 2.05) is 6.92 Å². The molecule has 0 spiro atoms. The Morgan fingerprint density at radius 1 is 1.15 bits per heavy atom. The number of aliphatic hydroxyl groups excluding tert-OH is 2. The van der Waals surface area contributed by atoms with Gasteiger partial charge in [-0.25, -0.2) is 0 Å². The first-order chi connectivity index (χ1) is 12.1. The summed E-state index contributed by atoms with van der Waals surface area (Å²) in [6, 6.07) is 0. The maximum atomic E-state index is 11.9. The third kappa shape index (κ3) is 3.45. The van der Waals surface area contributed by atoms with E-state index in [1.165, 1.54) is 24.3 Å². The zero-order valence-corrected chi connectivity index (χ0v) is 14.8. The number of hydrogen-bond acceptors (Lipinski definition) is 4. The van der Waals surface area contributed by atoms with Gasteiger partial charge in [0.2, 0.25) is 0 Å². The minimum atomic E-state index is -1.07. The van der Waals surface area contributed by atoms with Gasteiger partial charge in [0.25, 0.3) is 0 Å². The van der Waals surface area contributed by atoms with Crippen LogP contribution in [0.1, 0.15) is 20.3 Å². The van der Waals surface area contributed by atoms with Crippen LogP contribution in [0.25, 0.3) is 0 Å². The molecule has 0 aromatic carbocycles. The van der Waals surface area contributed by atoms with Gasteiger partial charge in [-0.1, -0.05) is 31.2 Å². The number of hydrogen-bond donors (Lipinski definition) is 4. The van der Waals surface area contributed by atoms with E-state index < -0.39 is 41.0 Å². The molecule has 1 saturated carbocycles. The molecule has 0 saturated heterocycles. The van der Waals surface area contributed by atoms with Crippen LogP contribution in [-0.4, -0.2) is 32.4 Å². The lowest BCUT2D eigenvalue weighted by Crippen LogP contribution is -2.59. The summed E-state index contributed by atoms with van der Waals surface area (Å²) < 4.78 is 0. The van der Waals surface area contributed by atoms with Crippen molar-refractivity contribution in [3.05, 3.63) is 60.1 Å². The quantitative estimate of drug-likeness (QED) is 0.425. The van der Waals surface area contributed by atoms with E-state index in [2.05, 4.69) is 6.58 Å². The number of aliphatic carboxylic acids is 2. The van der Waals surface area contributed by atoms with Crippen LogP contribution in [0.15, 0.2) is 60.1 Å². The smallest absolute Gasteiger partial charge is 0.307 e. The van der Waals surface area contributed by atoms with Gasteiger partial charge in [-0.2, -0.15) is 0 Å². The lowest BCUT2D eigenvalue weighted by molar-refractivity contribution is -0.177. The zero-order valence-electron chi connectivity index (χ0n) is 14.8. The Bertz CT molecular complexity index is 719. The maximum Gasteiger partial charge on any atom is 0.307 e. The number of allylic oxidation sites excluding steroid dienone is 7. The van der Waals surface area contributed by atoms with Crippen molar-refractivity contribution in [3.63, 3.8) is 0 Å². The summed E-state index contributed by atoms with van der Waals surface area (Å²) in [5, 5.41) is 38.5. The lowest BCUT2D eigenvalue weighted by atomic mass is 9.46. The molecule has 2 rings (SSSR count). The van der Waals surface area contributed by atoms with Crippen LogP contribution in [-0.2, 0) is 9.59 Å². The molecule has 26 heavy (non-hydrogen) atoms. The van der Waals surface area contributed by atoms with Crippen molar-refractivity contribution in [2.75, 3.05) is 0 Å². The van der Waals surface area contributed by atoms with Crippen molar-refractivity contribution in [1.82, 2.24) is 0 Å². The summed E-state index contributed by atoms with van der Waals surface area (Å²) in [6.07, 6.45) is 9.41. The van der Waals surface area contributed by atoms with E-state index in [0.29, 0.717) is 12.0 Å². The summed E-state index contributed by atoms with van der Waals surface area (Å²) in [6.45, 7) is 7.29. The normalized spacial score (nSPS) is 34.2. The van der Waals surface area contributed by atoms with Gasteiger partial charge in [-0.15, -0.1) is 0 Å². The number of aliphatic hydroxyl groups is 2. The third-order valence-corrected chi connectivity index (χ3v) is 5.46. The van der Waals surface area contributed by atoms with Crippen LogP contribution < -0.4 is 0 Å². The van der Waals surface area contributed by atoms with Crippen LogP contribution >= 0.6 is 0 Å². The molecule has 0 aromatic heterocycles. The molecule has 6 nitrogen and oxygen atoms in total. The Balaban J connectivity index is 2.37. The highest BCUT2D eigenvalue weighted by molar-refractivity contribution is 5.81. The average molecular weight is 360 g/mol. The summed E-state index contributed by atoms with van der Waals surface area (Å²) in [7, 11) is 0. The highest BCUT2D eigenvalue weighted by Gasteiger charge is 2.63. The number of carbonyl (C=O) groups is 2. The molecule has 0 radical (unpaired) electrons. The molecular formula is C20H24O6. The molecule has 0 aliphatic heterocycles. The van der Waals surface area contributed by atoms with Gasteiger partial charge in [-0.05, 0) is 49.0 Å². The average Bonchev–Trinajstić information content (AvgIpc) is 2.53. The molecule has 0 heterocycles.